The molecule has 3 rings (SSSR count). The standard InChI is InChI=1S/C18H27N7/c19-16-17(21-8-4-11-25-12-10-20-14-25)23-13-24-18(16)22-9-7-15-5-2-1-3-6-15/h5,10,12-14H,1-4,6-9,11,19H2,(H2,21,22,23,24). The molecule has 7 heteroatoms. The van der Waals surface area contributed by atoms with Gasteiger partial charge in [-0.15, -0.1) is 0 Å². The molecular weight excluding hydrogens is 314 g/mol. The van der Waals surface area contributed by atoms with Gasteiger partial charge in [0.15, 0.2) is 11.6 Å². The van der Waals surface area contributed by atoms with E-state index in [4.69, 9.17) is 5.73 Å². The van der Waals surface area contributed by atoms with E-state index in [-0.39, 0.29) is 0 Å². The van der Waals surface area contributed by atoms with Crippen molar-refractivity contribution >= 4 is 17.3 Å². The monoisotopic (exact) mass is 341 g/mol. The number of nitrogens with two attached hydrogens (primary N) is 1. The molecule has 0 saturated carbocycles. The quantitative estimate of drug-likeness (QED) is 0.479. The Balaban J connectivity index is 1.44. The van der Waals surface area contributed by atoms with Crippen molar-refractivity contribution in [3.8, 4) is 0 Å². The molecule has 2 heterocycles. The van der Waals surface area contributed by atoms with E-state index in [0.717, 1.165) is 32.5 Å². The fraction of sp³-hybridized carbons (Fsp3) is 0.500. The molecule has 7 nitrogen and oxygen atoms in total. The van der Waals surface area contributed by atoms with Crippen LogP contribution in [0.2, 0.25) is 0 Å². The van der Waals surface area contributed by atoms with Crippen LogP contribution >= 0.6 is 0 Å². The van der Waals surface area contributed by atoms with Crippen molar-refractivity contribution in [2.75, 3.05) is 29.5 Å². The minimum atomic E-state index is 0.586. The highest BCUT2D eigenvalue weighted by Gasteiger charge is 2.08. The number of anilines is 3. The summed E-state index contributed by atoms with van der Waals surface area (Å²) in [7, 11) is 0. The third-order valence-electron chi connectivity index (χ3n) is 4.45. The first-order valence-corrected chi connectivity index (χ1v) is 9.05. The molecule has 1 aliphatic rings. The zero-order valence-corrected chi connectivity index (χ0v) is 14.6. The summed E-state index contributed by atoms with van der Waals surface area (Å²) in [5.74, 6) is 1.41. The zero-order valence-electron chi connectivity index (χ0n) is 14.6. The molecule has 0 bridgehead atoms. The minimum Gasteiger partial charge on any atom is -0.393 e. The lowest BCUT2D eigenvalue weighted by molar-refractivity contribution is 0.660. The maximum atomic E-state index is 6.20. The summed E-state index contributed by atoms with van der Waals surface area (Å²) in [6.07, 6.45) is 16.6. The van der Waals surface area contributed by atoms with Gasteiger partial charge in [-0.2, -0.15) is 0 Å². The van der Waals surface area contributed by atoms with Crippen molar-refractivity contribution in [1.29, 1.82) is 0 Å². The van der Waals surface area contributed by atoms with Crippen LogP contribution in [0.4, 0.5) is 17.3 Å². The Morgan fingerprint density at radius 2 is 1.96 bits per heavy atom. The molecule has 0 aromatic carbocycles. The van der Waals surface area contributed by atoms with Crippen molar-refractivity contribution < 1.29 is 0 Å². The lowest BCUT2D eigenvalue weighted by Gasteiger charge is -2.15. The van der Waals surface area contributed by atoms with Gasteiger partial charge >= 0.3 is 0 Å². The van der Waals surface area contributed by atoms with Crippen molar-refractivity contribution in [3.63, 3.8) is 0 Å². The smallest absolute Gasteiger partial charge is 0.154 e. The predicted molar refractivity (Wildman–Crippen MR) is 101 cm³/mol. The average Bonchev–Trinajstić information content (AvgIpc) is 3.16. The summed E-state index contributed by atoms with van der Waals surface area (Å²) < 4.78 is 2.05. The second kappa shape index (κ2) is 9.05. The Kier molecular flexibility index (Phi) is 6.25. The second-order valence-corrected chi connectivity index (χ2v) is 6.35. The molecular formula is C18H27N7. The largest absolute Gasteiger partial charge is 0.393 e. The molecule has 1 aliphatic carbocycles. The number of nitrogens with zero attached hydrogens (tertiary/aromatic N) is 4. The number of aryl methyl sites for hydroxylation is 1. The summed E-state index contributed by atoms with van der Waals surface area (Å²) in [6.45, 7) is 2.57. The van der Waals surface area contributed by atoms with Gasteiger partial charge in [0.25, 0.3) is 0 Å². The fourth-order valence-corrected chi connectivity index (χ4v) is 3.04. The highest BCUT2D eigenvalue weighted by atomic mass is 15.1. The van der Waals surface area contributed by atoms with Gasteiger partial charge < -0.3 is 20.9 Å². The van der Waals surface area contributed by atoms with Crippen LogP contribution in [-0.4, -0.2) is 32.6 Å². The van der Waals surface area contributed by atoms with Gasteiger partial charge in [-0.1, -0.05) is 11.6 Å². The molecule has 25 heavy (non-hydrogen) atoms. The Morgan fingerprint density at radius 1 is 1.12 bits per heavy atom. The van der Waals surface area contributed by atoms with E-state index in [2.05, 4.69) is 36.2 Å². The van der Waals surface area contributed by atoms with Crippen LogP contribution in [0.5, 0.6) is 0 Å². The van der Waals surface area contributed by atoms with Crippen molar-refractivity contribution in [1.82, 2.24) is 19.5 Å². The Hall–Kier alpha value is -2.57. The summed E-state index contributed by atoms with van der Waals surface area (Å²) in [5, 5.41) is 6.64. The minimum absolute atomic E-state index is 0.586. The van der Waals surface area contributed by atoms with E-state index in [9.17, 15) is 0 Å². The van der Waals surface area contributed by atoms with Gasteiger partial charge in [-0.25, -0.2) is 15.0 Å². The number of hydrogen-bond acceptors (Lipinski definition) is 6. The number of nitrogen functional groups attached to an aromatic ring is 1. The molecule has 0 radical (unpaired) electrons. The van der Waals surface area contributed by atoms with Crippen LogP contribution in [0, 0.1) is 0 Å². The molecule has 0 spiro atoms. The first-order valence-electron chi connectivity index (χ1n) is 9.05. The molecule has 2 aromatic heterocycles. The summed E-state index contributed by atoms with van der Waals surface area (Å²) >= 11 is 0. The summed E-state index contributed by atoms with van der Waals surface area (Å²) in [4.78, 5) is 12.6. The SMILES string of the molecule is Nc1c(NCCCn2ccnc2)ncnc1NCCC1=CCCCC1. The molecule has 134 valence electrons. The lowest BCUT2D eigenvalue weighted by atomic mass is 9.97. The first kappa shape index (κ1) is 17.3. The van der Waals surface area contributed by atoms with Gasteiger partial charge in [0.1, 0.15) is 12.0 Å². The van der Waals surface area contributed by atoms with E-state index in [1.165, 1.54) is 25.7 Å². The van der Waals surface area contributed by atoms with E-state index in [0.29, 0.717) is 17.3 Å². The van der Waals surface area contributed by atoms with Crippen LogP contribution in [0.25, 0.3) is 0 Å². The summed E-state index contributed by atoms with van der Waals surface area (Å²) in [6, 6.07) is 0. The molecule has 0 saturated heterocycles. The molecule has 0 aliphatic heterocycles. The van der Waals surface area contributed by atoms with Crippen molar-refractivity contribution in [2.24, 2.45) is 0 Å². The number of allylic oxidation sites excluding steroid dienone is 1. The van der Waals surface area contributed by atoms with Crippen molar-refractivity contribution in [3.05, 3.63) is 36.7 Å². The van der Waals surface area contributed by atoms with E-state index < -0.39 is 0 Å². The van der Waals surface area contributed by atoms with Gasteiger partial charge in [0.05, 0.1) is 6.33 Å². The zero-order chi connectivity index (χ0) is 17.3. The third-order valence-corrected chi connectivity index (χ3v) is 4.45. The highest BCUT2D eigenvalue weighted by Crippen LogP contribution is 2.24. The van der Waals surface area contributed by atoms with Gasteiger partial charge in [-0.3, -0.25) is 0 Å². The lowest BCUT2D eigenvalue weighted by Crippen LogP contribution is -2.12. The van der Waals surface area contributed by atoms with E-state index >= 15 is 0 Å². The Bertz CT molecular complexity index is 679. The average molecular weight is 341 g/mol. The van der Waals surface area contributed by atoms with Crippen LogP contribution in [0.3, 0.4) is 0 Å². The molecule has 0 fully saturated rings. The number of rotatable bonds is 9. The molecule has 2 aromatic rings. The maximum Gasteiger partial charge on any atom is 0.154 e. The van der Waals surface area contributed by atoms with E-state index in [1.54, 1.807) is 18.1 Å². The fourth-order valence-electron chi connectivity index (χ4n) is 3.04. The van der Waals surface area contributed by atoms with Gasteiger partial charge in [-0.05, 0) is 38.5 Å². The maximum absolute atomic E-state index is 6.20. The van der Waals surface area contributed by atoms with E-state index in [1.807, 2.05) is 12.5 Å². The van der Waals surface area contributed by atoms with Gasteiger partial charge in [0.2, 0.25) is 0 Å². The topological polar surface area (TPSA) is 93.7 Å². The number of imidazole rings is 1. The number of aromatic nitrogens is 4. The molecule has 0 amide bonds. The first-order chi connectivity index (χ1) is 12.3. The van der Waals surface area contributed by atoms with Crippen LogP contribution < -0.4 is 16.4 Å². The highest BCUT2D eigenvalue weighted by molar-refractivity contribution is 5.73. The Morgan fingerprint density at radius 3 is 2.68 bits per heavy atom. The third kappa shape index (κ3) is 5.20. The second-order valence-electron chi connectivity index (χ2n) is 6.35. The van der Waals surface area contributed by atoms with Crippen LogP contribution in [0.1, 0.15) is 38.5 Å². The summed E-state index contributed by atoms with van der Waals surface area (Å²) in [5.41, 5.74) is 8.33. The van der Waals surface area contributed by atoms with Gasteiger partial charge in [0, 0.05) is 32.0 Å². The predicted octanol–water partition coefficient (Wildman–Crippen LogP) is 3.06. The van der Waals surface area contributed by atoms with Crippen LogP contribution in [0.15, 0.2) is 36.7 Å². The molecule has 0 atom stereocenters. The number of hydrogen-bond donors (Lipinski definition) is 3. The Labute approximate surface area is 148 Å². The number of nitrogens with one attached hydrogen (secondary N) is 2. The van der Waals surface area contributed by atoms with Crippen LogP contribution in [-0.2, 0) is 6.54 Å². The molecule has 4 N–H and O–H groups in total. The van der Waals surface area contributed by atoms with Crippen molar-refractivity contribution in [2.45, 2.75) is 45.1 Å². The molecule has 0 unspecified atom stereocenters. The normalized spacial score (nSPS) is 14.2.